The second-order valence-electron chi connectivity index (χ2n) is 5.25. The predicted octanol–water partition coefficient (Wildman–Crippen LogP) is 5.06. The maximum absolute atomic E-state index is 6.08. The molecule has 1 aromatic carbocycles. The quantitative estimate of drug-likeness (QED) is 0.712. The third-order valence-corrected chi connectivity index (χ3v) is 4.98. The average molecular weight is 299 g/mol. The molecule has 0 aliphatic carbocycles. The van der Waals surface area contributed by atoms with Crippen molar-refractivity contribution in [2.45, 2.75) is 33.2 Å². The fourth-order valence-corrected chi connectivity index (χ4v) is 3.92. The smallest absolute Gasteiger partial charge is 0.134 e. The second-order valence-corrected chi connectivity index (χ2v) is 6.19. The molecule has 1 atom stereocenters. The van der Waals surface area contributed by atoms with Crippen LogP contribution in [0.1, 0.15) is 41.7 Å². The van der Waals surface area contributed by atoms with Crippen LogP contribution in [0, 0.1) is 6.92 Å². The molecule has 0 fully saturated rings. The topological polar surface area (TPSA) is 25.2 Å². The van der Waals surface area contributed by atoms with Crippen molar-refractivity contribution >= 4 is 22.3 Å². The van der Waals surface area contributed by atoms with E-state index in [2.05, 4.69) is 55.7 Å². The minimum absolute atomic E-state index is 0.216. The monoisotopic (exact) mass is 299 g/mol. The number of fused-ring (bicyclic) bond motifs is 1. The molecule has 2 heterocycles. The molecule has 0 aliphatic rings. The summed E-state index contributed by atoms with van der Waals surface area (Å²) in [6.07, 6.45) is 0.913. The molecule has 0 saturated carbocycles. The van der Waals surface area contributed by atoms with Gasteiger partial charge in [0.2, 0.25) is 0 Å². The maximum Gasteiger partial charge on any atom is 0.134 e. The minimum atomic E-state index is 0.216. The lowest BCUT2D eigenvalue weighted by atomic mass is 9.98. The Kier molecular flexibility index (Phi) is 4.13. The van der Waals surface area contributed by atoms with E-state index in [1.165, 1.54) is 21.4 Å². The van der Waals surface area contributed by atoms with Gasteiger partial charge in [-0.25, -0.2) is 0 Å². The van der Waals surface area contributed by atoms with E-state index in [4.69, 9.17) is 4.42 Å². The van der Waals surface area contributed by atoms with E-state index in [1.807, 2.05) is 17.4 Å². The number of furan rings is 1. The fourth-order valence-electron chi connectivity index (χ4n) is 2.91. The maximum atomic E-state index is 6.08. The van der Waals surface area contributed by atoms with E-state index in [1.54, 1.807) is 0 Å². The molecular weight excluding hydrogens is 278 g/mol. The van der Waals surface area contributed by atoms with Gasteiger partial charge in [0.1, 0.15) is 11.3 Å². The summed E-state index contributed by atoms with van der Waals surface area (Å²) >= 11 is 1.82. The van der Waals surface area contributed by atoms with Gasteiger partial charge in [-0.15, -0.1) is 11.3 Å². The van der Waals surface area contributed by atoms with Crippen LogP contribution >= 0.6 is 11.3 Å². The number of hydrogen-bond acceptors (Lipinski definition) is 3. The summed E-state index contributed by atoms with van der Waals surface area (Å²) in [4.78, 5) is 1.39. The van der Waals surface area contributed by atoms with E-state index in [9.17, 15) is 0 Å². The number of rotatable bonds is 5. The summed E-state index contributed by atoms with van der Waals surface area (Å²) in [6, 6.07) is 10.8. The van der Waals surface area contributed by atoms with Crippen LogP contribution in [0.25, 0.3) is 11.0 Å². The zero-order valence-electron chi connectivity index (χ0n) is 12.8. The van der Waals surface area contributed by atoms with Gasteiger partial charge < -0.3 is 9.73 Å². The van der Waals surface area contributed by atoms with Crippen molar-refractivity contribution in [1.29, 1.82) is 0 Å². The molecule has 2 nitrogen and oxygen atoms in total. The highest BCUT2D eigenvalue weighted by molar-refractivity contribution is 7.10. The van der Waals surface area contributed by atoms with E-state index in [0.29, 0.717) is 0 Å². The molecule has 0 saturated heterocycles. The zero-order chi connectivity index (χ0) is 14.8. The Morgan fingerprint density at radius 3 is 2.67 bits per heavy atom. The summed E-state index contributed by atoms with van der Waals surface area (Å²) in [6.45, 7) is 7.43. The molecule has 1 unspecified atom stereocenters. The molecule has 0 bridgehead atoms. The molecule has 21 heavy (non-hydrogen) atoms. The third-order valence-electron chi connectivity index (χ3n) is 3.89. The number of benzene rings is 1. The molecule has 3 aromatic rings. The lowest BCUT2D eigenvalue weighted by Crippen LogP contribution is -2.22. The molecule has 2 aromatic heterocycles. The summed E-state index contributed by atoms with van der Waals surface area (Å²) in [5.74, 6) is 1.09. The number of nitrogens with one attached hydrogen (secondary N) is 1. The number of aryl methyl sites for hydroxylation is 2. The van der Waals surface area contributed by atoms with Crippen LogP contribution in [0.2, 0.25) is 0 Å². The molecular formula is C18H21NOS. The fraction of sp³-hybridized carbons (Fsp3) is 0.333. The van der Waals surface area contributed by atoms with Gasteiger partial charge in [0.25, 0.3) is 0 Å². The van der Waals surface area contributed by atoms with Gasteiger partial charge in [-0.3, -0.25) is 0 Å². The van der Waals surface area contributed by atoms with Crippen molar-refractivity contribution in [3.8, 4) is 0 Å². The van der Waals surface area contributed by atoms with Crippen LogP contribution in [-0.2, 0) is 6.42 Å². The highest BCUT2D eigenvalue weighted by Crippen LogP contribution is 2.37. The highest BCUT2D eigenvalue weighted by atomic mass is 32.1. The van der Waals surface area contributed by atoms with Crippen LogP contribution in [-0.4, -0.2) is 6.54 Å². The first kappa shape index (κ1) is 14.4. The third kappa shape index (κ3) is 2.52. The van der Waals surface area contributed by atoms with Crippen molar-refractivity contribution in [3.05, 3.63) is 57.5 Å². The Morgan fingerprint density at radius 1 is 1.19 bits per heavy atom. The molecule has 0 amide bonds. The molecule has 0 spiro atoms. The van der Waals surface area contributed by atoms with Gasteiger partial charge in [0.15, 0.2) is 0 Å². The minimum Gasteiger partial charge on any atom is -0.461 e. The van der Waals surface area contributed by atoms with Crippen molar-refractivity contribution in [2.24, 2.45) is 0 Å². The van der Waals surface area contributed by atoms with Crippen molar-refractivity contribution < 1.29 is 4.42 Å². The van der Waals surface area contributed by atoms with Crippen molar-refractivity contribution in [2.75, 3.05) is 6.54 Å². The Bertz CT molecular complexity index is 741. The van der Waals surface area contributed by atoms with E-state index < -0.39 is 0 Å². The molecule has 3 rings (SSSR count). The van der Waals surface area contributed by atoms with Crippen molar-refractivity contribution in [3.63, 3.8) is 0 Å². The van der Waals surface area contributed by atoms with E-state index in [-0.39, 0.29) is 6.04 Å². The lowest BCUT2D eigenvalue weighted by molar-refractivity contribution is 0.535. The Balaban J connectivity index is 2.21. The summed E-state index contributed by atoms with van der Waals surface area (Å²) in [7, 11) is 0. The van der Waals surface area contributed by atoms with E-state index >= 15 is 0 Å². The molecule has 3 heteroatoms. The van der Waals surface area contributed by atoms with Crippen molar-refractivity contribution in [1.82, 2.24) is 5.32 Å². The van der Waals surface area contributed by atoms with Crippen LogP contribution < -0.4 is 5.32 Å². The first-order chi connectivity index (χ1) is 10.3. The highest BCUT2D eigenvalue weighted by Gasteiger charge is 2.24. The molecule has 0 radical (unpaired) electrons. The van der Waals surface area contributed by atoms with Crippen LogP contribution in [0.5, 0.6) is 0 Å². The number of para-hydroxylation sites is 1. The summed E-state index contributed by atoms with van der Waals surface area (Å²) in [5.41, 5.74) is 3.64. The van der Waals surface area contributed by atoms with Gasteiger partial charge in [-0.05, 0) is 36.5 Å². The van der Waals surface area contributed by atoms with Crippen LogP contribution in [0.15, 0.2) is 40.1 Å². The molecule has 0 aliphatic heterocycles. The summed E-state index contributed by atoms with van der Waals surface area (Å²) in [5, 5.41) is 7.04. The van der Waals surface area contributed by atoms with Crippen LogP contribution in [0.3, 0.4) is 0 Å². The van der Waals surface area contributed by atoms with E-state index in [0.717, 1.165) is 24.3 Å². The first-order valence-electron chi connectivity index (χ1n) is 7.53. The average Bonchev–Trinajstić information content (AvgIpc) is 3.08. The SMILES string of the molecule is CCNC(c1sccc1C)c1c(CC)oc2ccccc12. The second kappa shape index (κ2) is 6.04. The Hall–Kier alpha value is -1.58. The van der Waals surface area contributed by atoms with Crippen LogP contribution in [0.4, 0.5) is 0 Å². The van der Waals surface area contributed by atoms with Gasteiger partial charge >= 0.3 is 0 Å². The first-order valence-corrected chi connectivity index (χ1v) is 8.41. The largest absolute Gasteiger partial charge is 0.461 e. The lowest BCUT2D eigenvalue weighted by Gasteiger charge is -2.18. The number of hydrogen-bond donors (Lipinski definition) is 1. The molecule has 1 N–H and O–H groups in total. The normalized spacial score (nSPS) is 12.9. The summed E-state index contributed by atoms with van der Waals surface area (Å²) < 4.78 is 6.08. The molecule has 110 valence electrons. The Morgan fingerprint density at radius 2 is 2.00 bits per heavy atom. The predicted molar refractivity (Wildman–Crippen MR) is 90.2 cm³/mol. The van der Waals surface area contributed by atoms with Gasteiger partial charge in [0.05, 0.1) is 6.04 Å². The van der Waals surface area contributed by atoms with Gasteiger partial charge in [-0.1, -0.05) is 32.0 Å². The Labute approximate surface area is 129 Å². The van der Waals surface area contributed by atoms with Gasteiger partial charge in [0, 0.05) is 22.2 Å². The zero-order valence-corrected chi connectivity index (χ0v) is 13.6. The standard InChI is InChI=1S/C18H21NOS/c1-4-14-16(13-8-6-7-9-15(13)20-14)17(19-5-2)18-12(3)10-11-21-18/h6-11,17,19H,4-5H2,1-3H3. The van der Waals surface area contributed by atoms with Gasteiger partial charge in [-0.2, -0.15) is 0 Å². The number of thiophene rings is 1.